The SMILES string of the molecule is COc1ccc(F)c2[nH]c(C)c(F)c12. The Labute approximate surface area is 79.5 Å². The van der Waals surface area contributed by atoms with Crippen molar-refractivity contribution in [1.29, 1.82) is 0 Å². The monoisotopic (exact) mass is 197 g/mol. The molecule has 1 N–H and O–H groups in total. The Morgan fingerprint density at radius 1 is 1.29 bits per heavy atom. The van der Waals surface area contributed by atoms with Crippen molar-refractivity contribution >= 4 is 10.9 Å². The molecule has 74 valence electrons. The van der Waals surface area contributed by atoms with Crippen LogP contribution in [-0.4, -0.2) is 12.1 Å². The molecule has 2 nitrogen and oxygen atoms in total. The Bertz CT molecular complexity index is 490. The fourth-order valence-corrected chi connectivity index (χ4v) is 1.50. The maximum absolute atomic E-state index is 13.5. The van der Waals surface area contributed by atoms with Gasteiger partial charge in [-0.3, -0.25) is 0 Å². The summed E-state index contributed by atoms with van der Waals surface area (Å²) in [5.74, 6) is -0.604. The number of aryl methyl sites for hydroxylation is 1. The molecule has 0 aliphatic heterocycles. The van der Waals surface area contributed by atoms with Gasteiger partial charge in [0.05, 0.1) is 18.0 Å². The van der Waals surface area contributed by atoms with E-state index in [1.165, 1.54) is 19.2 Å². The Hall–Kier alpha value is -1.58. The fourth-order valence-electron chi connectivity index (χ4n) is 1.50. The van der Waals surface area contributed by atoms with Gasteiger partial charge in [0.15, 0.2) is 5.82 Å². The summed E-state index contributed by atoms with van der Waals surface area (Å²) in [6, 6.07) is 2.66. The van der Waals surface area contributed by atoms with Crippen molar-refractivity contribution in [1.82, 2.24) is 4.98 Å². The first-order valence-corrected chi connectivity index (χ1v) is 4.15. The first kappa shape index (κ1) is 8.99. The number of ether oxygens (including phenoxy) is 1. The highest BCUT2D eigenvalue weighted by Gasteiger charge is 2.15. The van der Waals surface area contributed by atoms with Crippen molar-refractivity contribution in [3.63, 3.8) is 0 Å². The molecule has 0 atom stereocenters. The minimum absolute atomic E-state index is 0.152. The molecule has 1 heterocycles. The van der Waals surface area contributed by atoms with E-state index in [2.05, 4.69) is 4.98 Å². The quantitative estimate of drug-likeness (QED) is 0.747. The second-order valence-electron chi connectivity index (χ2n) is 3.06. The van der Waals surface area contributed by atoms with E-state index in [0.29, 0.717) is 11.4 Å². The lowest BCUT2D eigenvalue weighted by Gasteiger charge is -2.01. The molecule has 0 unspecified atom stereocenters. The molecule has 0 spiro atoms. The summed E-state index contributed by atoms with van der Waals surface area (Å²) in [6.07, 6.45) is 0. The number of hydrogen-bond donors (Lipinski definition) is 1. The summed E-state index contributed by atoms with van der Waals surface area (Å²) in [5, 5.41) is 0.171. The molecule has 14 heavy (non-hydrogen) atoms. The van der Waals surface area contributed by atoms with Gasteiger partial charge in [0.2, 0.25) is 0 Å². The maximum Gasteiger partial charge on any atom is 0.155 e. The molecule has 4 heteroatoms. The van der Waals surface area contributed by atoms with Crippen LogP contribution >= 0.6 is 0 Å². The van der Waals surface area contributed by atoms with Crippen molar-refractivity contribution < 1.29 is 13.5 Å². The molecule has 1 aromatic carbocycles. The predicted octanol–water partition coefficient (Wildman–Crippen LogP) is 2.76. The van der Waals surface area contributed by atoms with Crippen LogP contribution in [0.5, 0.6) is 5.75 Å². The Morgan fingerprint density at radius 2 is 2.00 bits per heavy atom. The number of halogens is 2. The summed E-state index contributed by atoms with van der Waals surface area (Å²) in [7, 11) is 1.43. The van der Waals surface area contributed by atoms with E-state index in [1.807, 2.05) is 0 Å². The Kier molecular flexibility index (Phi) is 1.91. The number of benzene rings is 1. The number of rotatable bonds is 1. The number of fused-ring (bicyclic) bond motifs is 1. The molecule has 2 rings (SSSR count). The van der Waals surface area contributed by atoms with Gasteiger partial charge in [-0.25, -0.2) is 8.78 Å². The van der Waals surface area contributed by atoms with Gasteiger partial charge in [-0.1, -0.05) is 0 Å². The predicted molar refractivity (Wildman–Crippen MR) is 49.5 cm³/mol. The van der Waals surface area contributed by atoms with Gasteiger partial charge in [-0.05, 0) is 19.1 Å². The third-order valence-electron chi connectivity index (χ3n) is 2.20. The molecule has 0 radical (unpaired) electrons. The molecule has 0 bridgehead atoms. The van der Waals surface area contributed by atoms with Crippen molar-refractivity contribution in [3.05, 3.63) is 29.5 Å². The minimum Gasteiger partial charge on any atom is -0.496 e. The third-order valence-corrected chi connectivity index (χ3v) is 2.20. The van der Waals surface area contributed by atoms with E-state index in [0.717, 1.165) is 0 Å². The molecule has 0 fully saturated rings. The van der Waals surface area contributed by atoms with Crippen LogP contribution in [0.1, 0.15) is 5.69 Å². The van der Waals surface area contributed by atoms with Crippen molar-refractivity contribution in [2.24, 2.45) is 0 Å². The first-order chi connectivity index (χ1) is 6.65. The zero-order valence-corrected chi connectivity index (χ0v) is 7.82. The zero-order valence-electron chi connectivity index (χ0n) is 7.82. The summed E-state index contributed by atoms with van der Waals surface area (Å²) < 4.78 is 31.7. The van der Waals surface area contributed by atoms with Crippen molar-refractivity contribution in [2.75, 3.05) is 7.11 Å². The lowest BCUT2D eigenvalue weighted by atomic mass is 10.2. The van der Waals surface area contributed by atoms with E-state index in [1.54, 1.807) is 6.92 Å². The topological polar surface area (TPSA) is 25.0 Å². The van der Waals surface area contributed by atoms with Gasteiger partial charge >= 0.3 is 0 Å². The number of methoxy groups -OCH3 is 1. The highest BCUT2D eigenvalue weighted by atomic mass is 19.1. The highest BCUT2D eigenvalue weighted by Crippen LogP contribution is 2.31. The number of hydrogen-bond acceptors (Lipinski definition) is 1. The second-order valence-corrected chi connectivity index (χ2v) is 3.06. The van der Waals surface area contributed by atoms with Gasteiger partial charge in [-0.2, -0.15) is 0 Å². The van der Waals surface area contributed by atoms with Gasteiger partial charge in [-0.15, -0.1) is 0 Å². The van der Waals surface area contributed by atoms with Crippen molar-refractivity contribution in [3.8, 4) is 5.75 Å². The van der Waals surface area contributed by atoms with E-state index >= 15 is 0 Å². The van der Waals surface area contributed by atoms with Crippen LogP contribution in [0.2, 0.25) is 0 Å². The van der Waals surface area contributed by atoms with E-state index in [9.17, 15) is 8.78 Å². The molecule has 0 aliphatic rings. The van der Waals surface area contributed by atoms with E-state index in [-0.39, 0.29) is 10.9 Å². The van der Waals surface area contributed by atoms with Crippen LogP contribution < -0.4 is 4.74 Å². The standard InChI is InChI=1S/C10H9F2NO/c1-5-9(12)8-7(14-2)4-3-6(11)10(8)13-5/h3-4,13H,1-2H3. The summed E-state index contributed by atoms with van der Waals surface area (Å²) >= 11 is 0. The zero-order chi connectivity index (χ0) is 10.3. The van der Waals surface area contributed by atoms with Crippen LogP contribution in [0.4, 0.5) is 8.78 Å². The average molecular weight is 197 g/mol. The fraction of sp³-hybridized carbons (Fsp3) is 0.200. The molecule has 2 aromatic rings. The summed E-state index contributed by atoms with van der Waals surface area (Å²) in [4.78, 5) is 2.64. The third kappa shape index (κ3) is 1.07. The van der Waals surface area contributed by atoms with Crippen LogP contribution in [0.25, 0.3) is 10.9 Å². The number of H-pyrrole nitrogens is 1. The average Bonchev–Trinajstić information content (AvgIpc) is 2.47. The second kappa shape index (κ2) is 2.97. The molecular formula is C10H9F2NO. The molecular weight excluding hydrogens is 188 g/mol. The largest absolute Gasteiger partial charge is 0.496 e. The number of nitrogens with one attached hydrogen (secondary N) is 1. The van der Waals surface area contributed by atoms with Crippen LogP contribution in [0.15, 0.2) is 12.1 Å². The Morgan fingerprint density at radius 3 is 2.64 bits per heavy atom. The molecule has 0 amide bonds. The number of aromatic amines is 1. The van der Waals surface area contributed by atoms with Gasteiger partial charge in [0, 0.05) is 5.69 Å². The smallest absolute Gasteiger partial charge is 0.155 e. The highest BCUT2D eigenvalue weighted by molar-refractivity contribution is 5.87. The van der Waals surface area contributed by atoms with Gasteiger partial charge < -0.3 is 9.72 Å². The maximum atomic E-state index is 13.5. The van der Waals surface area contributed by atoms with Gasteiger partial charge in [0.25, 0.3) is 0 Å². The summed E-state index contributed by atoms with van der Waals surface area (Å²) in [6.45, 7) is 1.55. The normalized spacial score (nSPS) is 10.9. The lowest BCUT2D eigenvalue weighted by Crippen LogP contribution is -1.86. The Balaban J connectivity index is 2.92. The van der Waals surface area contributed by atoms with Gasteiger partial charge in [0.1, 0.15) is 11.6 Å². The van der Waals surface area contributed by atoms with Crippen LogP contribution in [-0.2, 0) is 0 Å². The molecule has 0 aliphatic carbocycles. The van der Waals surface area contributed by atoms with E-state index < -0.39 is 11.6 Å². The molecule has 1 aromatic heterocycles. The minimum atomic E-state index is -0.479. The summed E-state index contributed by atoms with van der Waals surface area (Å²) in [5.41, 5.74) is 0.461. The number of aromatic nitrogens is 1. The first-order valence-electron chi connectivity index (χ1n) is 4.15. The molecule has 0 saturated heterocycles. The molecule has 0 saturated carbocycles. The van der Waals surface area contributed by atoms with Crippen LogP contribution in [0.3, 0.4) is 0 Å². The van der Waals surface area contributed by atoms with Crippen molar-refractivity contribution in [2.45, 2.75) is 6.92 Å². The van der Waals surface area contributed by atoms with E-state index in [4.69, 9.17) is 4.74 Å². The van der Waals surface area contributed by atoms with Crippen LogP contribution in [0, 0.1) is 18.6 Å². The lowest BCUT2D eigenvalue weighted by molar-refractivity contribution is 0.417.